The molecule has 0 radical (unpaired) electrons. The lowest BCUT2D eigenvalue weighted by atomic mass is 10.1. The summed E-state index contributed by atoms with van der Waals surface area (Å²) in [4.78, 5) is 23.8. The Morgan fingerprint density at radius 2 is 1.79 bits per heavy atom. The molecule has 1 N–H and O–H groups in total. The van der Waals surface area contributed by atoms with Crippen LogP contribution < -0.4 is 5.32 Å². The van der Waals surface area contributed by atoms with Gasteiger partial charge in [-0.25, -0.2) is 4.79 Å². The number of benzene rings is 2. The number of anilines is 1. The number of ether oxygens (including phenoxy) is 1. The number of aromatic nitrogens is 2. The molecule has 1 aromatic heterocycles. The van der Waals surface area contributed by atoms with E-state index in [1.165, 1.54) is 17.3 Å². The second-order valence-corrected chi connectivity index (χ2v) is 7.19. The lowest BCUT2D eigenvalue weighted by molar-refractivity contribution is -0.113. The Morgan fingerprint density at radius 3 is 2.48 bits per heavy atom. The van der Waals surface area contributed by atoms with Gasteiger partial charge in [0.05, 0.1) is 24.3 Å². The first-order chi connectivity index (χ1) is 14.0. The van der Waals surface area contributed by atoms with Crippen molar-refractivity contribution in [1.82, 2.24) is 10.2 Å². The zero-order valence-corrected chi connectivity index (χ0v) is 17.0. The molecule has 0 unspecified atom stereocenters. The number of esters is 1. The Kier molecular flexibility index (Phi) is 7.02. The Labute approximate surface area is 172 Å². The predicted molar refractivity (Wildman–Crippen MR) is 110 cm³/mol. The average molecular weight is 411 g/mol. The Balaban J connectivity index is 1.47. The minimum absolute atomic E-state index is 0.131. The number of aryl methyl sites for hydroxylation is 1. The van der Waals surface area contributed by atoms with E-state index in [1.54, 1.807) is 31.2 Å². The van der Waals surface area contributed by atoms with Crippen LogP contribution in [0.15, 0.2) is 58.2 Å². The van der Waals surface area contributed by atoms with Gasteiger partial charge in [-0.15, -0.1) is 10.2 Å². The van der Waals surface area contributed by atoms with Gasteiger partial charge in [0.2, 0.25) is 11.8 Å². The third-order valence-electron chi connectivity index (χ3n) is 3.93. The summed E-state index contributed by atoms with van der Waals surface area (Å²) in [7, 11) is 0. The summed E-state index contributed by atoms with van der Waals surface area (Å²) in [5.41, 5.74) is 3.30. The van der Waals surface area contributed by atoms with Crippen LogP contribution in [0.4, 0.5) is 5.69 Å². The van der Waals surface area contributed by atoms with E-state index < -0.39 is 5.97 Å². The molecular weight excluding hydrogens is 390 g/mol. The topological polar surface area (TPSA) is 94.3 Å². The molecule has 0 spiro atoms. The first kappa shape index (κ1) is 20.6. The number of carbonyl (C=O) groups is 2. The molecule has 0 atom stereocenters. The highest BCUT2D eigenvalue weighted by Gasteiger charge is 2.11. The minimum atomic E-state index is -0.390. The van der Waals surface area contributed by atoms with Crippen LogP contribution in [0.1, 0.15) is 34.3 Å². The van der Waals surface area contributed by atoms with Crippen LogP contribution in [0.3, 0.4) is 0 Å². The summed E-state index contributed by atoms with van der Waals surface area (Å²) in [6, 6.07) is 14.6. The molecule has 29 heavy (non-hydrogen) atoms. The van der Waals surface area contributed by atoms with Crippen LogP contribution in [0.2, 0.25) is 0 Å². The van der Waals surface area contributed by atoms with Gasteiger partial charge in [-0.1, -0.05) is 41.6 Å². The van der Waals surface area contributed by atoms with Gasteiger partial charge in [0.1, 0.15) is 0 Å². The normalized spacial score (nSPS) is 10.6. The van der Waals surface area contributed by atoms with Crippen molar-refractivity contribution in [2.24, 2.45) is 0 Å². The zero-order chi connectivity index (χ0) is 20.6. The Hall–Kier alpha value is -3.13. The summed E-state index contributed by atoms with van der Waals surface area (Å²) in [5.74, 6) is 0.0356. The van der Waals surface area contributed by atoms with Gasteiger partial charge in [0.15, 0.2) is 0 Å². The molecule has 3 rings (SSSR count). The molecule has 0 fully saturated rings. The lowest BCUT2D eigenvalue weighted by Crippen LogP contribution is -2.14. The largest absolute Gasteiger partial charge is 0.462 e. The summed E-state index contributed by atoms with van der Waals surface area (Å²) >= 11 is 1.17. The first-order valence-electron chi connectivity index (χ1n) is 9.11. The third kappa shape index (κ3) is 6.18. The zero-order valence-electron chi connectivity index (χ0n) is 16.2. The van der Waals surface area contributed by atoms with Crippen molar-refractivity contribution in [2.45, 2.75) is 25.5 Å². The summed E-state index contributed by atoms with van der Waals surface area (Å²) in [5, 5.41) is 11.1. The van der Waals surface area contributed by atoms with E-state index in [1.807, 2.05) is 31.2 Å². The van der Waals surface area contributed by atoms with E-state index in [4.69, 9.17) is 9.15 Å². The van der Waals surface area contributed by atoms with Crippen LogP contribution in [0.25, 0.3) is 0 Å². The molecule has 3 aromatic rings. The van der Waals surface area contributed by atoms with Crippen molar-refractivity contribution in [3.05, 3.63) is 71.1 Å². The van der Waals surface area contributed by atoms with Crippen molar-refractivity contribution in [3.63, 3.8) is 0 Å². The molecule has 2 aromatic carbocycles. The Bertz CT molecular complexity index is 968. The minimum Gasteiger partial charge on any atom is -0.462 e. The van der Waals surface area contributed by atoms with Gasteiger partial charge >= 0.3 is 5.97 Å². The van der Waals surface area contributed by atoms with Crippen molar-refractivity contribution in [1.29, 1.82) is 0 Å². The van der Waals surface area contributed by atoms with Gasteiger partial charge in [0.25, 0.3) is 5.22 Å². The fourth-order valence-corrected chi connectivity index (χ4v) is 3.06. The first-order valence-corrected chi connectivity index (χ1v) is 10.1. The molecular formula is C21H21N3O4S. The lowest BCUT2D eigenvalue weighted by Gasteiger charge is -2.05. The predicted octanol–water partition coefficient (Wildman–Crippen LogP) is 3.88. The average Bonchev–Trinajstić information content (AvgIpc) is 3.16. The van der Waals surface area contributed by atoms with Crippen LogP contribution in [-0.4, -0.2) is 34.4 Å². The SMILES string of the molecule is CCOC(=O)c1ccc(NC(=O)CSc2nnc(Cc3ccc(C)cc3)o2)cc1. The van der Waals surface area contributed by atoms with Gasteiger partial charge < -0.3 is 14.5 Å². The fraction of sp³-hybridized carbons (Fsp3) is 0.238. The van der Waals surface area contributed by atoms with E-state index >= 15 is 0 Å². The third-order valence-corrected chi connectivity index (χ3v) is 4.75. The Morgan fingerprint density at radius 1 is 1.07 bits per heavy atom. The number of carbonyl (C=O) groups excluding carboxylic acids is 2. The van der Waals surface area contributed by atoms with Gasteiger partial charge in [-0.2, -0.15) is 0 Å². The molecule has 150 valence electrons. The van der Waals surface area contributed by atoms with Gasteiger partial charge in [0, 0.05) is 5.69 Å². The number of hydrogen-bond donors (Lipinski definition) is 1. The number of thioether (sulfide) groups is 1. The standard InChI is InChI=1S/C21H21N3O4S/c1-3-27-20(26)16-8-10-17(11-9-16)22-18(25)13-29-21-24-23-19(28-21)12-15-6-4-14(2)5-7-15/h4-11H,3,12-13H2,1-2H3,(H,22,25). The molecule has 0 saturated heterocycles. The van der Waals surface area contributed by atoms with Crippen LogP contribution in [0, 0.1) is 6.92 Å². The fourth-order valence-electron chi connectivity index (χ4n) is 2.48. The van der Waals surface area contributed by atoms with Crippen molar-refractivity contribution in [3.8, 4) is 0 Å². The monoisotopic (exact) mass is 411 g/mol. The molecule has 0 aliphatic rings. The van der Waals surface area contributed by atoms with E-state index in [0.29, 0.717) is 35.4 Å². The molecule has 0 aliphatic heterocycles. The quantitative estimate of drug-likeness (QED) is 0.444. The molecule has 1 heterocycles. The summed E-state index contributed by atoms with van der Waals surface area (Å²) in [6.45, 7) is 4.10. The highest BCUT2D eigenvalue weighted by atomic mass is 32.2. The van der Waals surface area contributed by atoms with E-state index in [-0.39, 0.29) is 11.7 Å². The molecule has 8 heteroatoms. The van der Waals surface area contributed by atoms with Crippen LogP contribution >= 0.6 is 11.8 Å². The second-order valence-electron chi connectivity index (χ2n) is 6.26. The smallest absolute Gasteiger partial charge is 0.338 e. The maximum Gasteiger partial charge on any atom is 0.338 e. The van der Waals surface area contributed by atoms with Gasteiger partial charge in [-0.3, -0.25) is 4.79 Å². The molecule has 1 amide bonds. The highest BCUT2D eigenvalue weighted by molar-refractivity contribution is 7.99. The number of amides is 1. The number of nitrogens with zero attached hydrogens (tertiary/aromatic N) is 2. The number of nitrogens with one attached hydrogen (secondary N) is 1. The van der Waals surface area contributed by atoms with Crippen LogP contribution in [-0.2, 0) is 16.0 Å². The summed E-state index contributed by atoms with van der Waals surface area (Å²) < 4.78 is 10.5. The number of rotatable bonds is 8. The summed E-state index contributed by atoms with van der Waals surface area (Å²) in [6.07, 6.45) is 0.548. The maximum atomic E-state index is 12.1. The van der Waals surface area contributed by atoms with E-state index in [2.05, 4.69) is 15.5 Å². The number of hydrogen-bond acceptors (Lipinski definition) is 7. The molecule has 7 nitrogen and oxygen atoms in total. The van der Waals surface area contributed by atoms with Crippen molar-refractivity contribution >= 4 is 29.3 Å². The molecule has 0 saturated carbocycles. The second kappa shape index (κ2) is 9.88. The van der Waals surface area contributed by atoms with Crippen molar-refractivity contribution in [2.75, 3.05) is 17.7 Å². The van der Waals surface area contributed by atoms with E-state index in [9.17, 15) is 9.59 Å². The van der Waals surface area contributed by atoms with Crippen molar-refractivity contribution < 1.29 is 18.7 Å². The highest BCUT2D eigenvalue weighted by Crippen LogP contribution is 2.19. The molecule has 0 aliphatic carbocycles. The maximum absolute atomic E-state index is 12.1. The van der Waals surface area contributed by atoms with Crippen LogP contribution in [0.5, 0.6) is 0 Å². The van der Waals surface area contributed by atoms with E-state index in [0.717, 1.165) is 5.56 Å². The van der Waals surface area contributed by atoms with Gasteiger partial charge in [-0.05, 0) is 43.7 Å². The molecule has 0 bridgehead atoms.